The maximum Gasteiger partial charge on any atom is 0.0278 e. The number of nitrogens with zero attached hydrogens (tertiary/aromatic N) is 1. The Hall–Kier alpha value is -0.0800. The molecule has 2 heteroatoms. The Morgan fingerprint density at radius 3 is 2.35 bits per heavy atom. The van der Waals surface area contributed by atoms with Crippen LogP contribution in [0.5, 0.6) is 0 Å². The van der Waals surface area contributed by atoms with E-state index in [4.69, 9.17) is 0 Å². The van der Waals surface area contributed by atoms with Gasteiger partial charge in [0.25, 0.3) is 0 Å². The van der Waals surface area contributed by atoms with Gasteiger partial charge in [0.1, 0.15) is 0 Å². The molecule has 0 bridgehead atoms. The molecule has 0 saturated carbocycles. The molecule has 0 aliphatic carbocycles. The number of rotatable bonds is 6. The molecule has 0 radical (unpaired) electrons. The summed E-state index contributed by atoms with van der Waals surface area (Å²) in [6.07, 6.45) is 6.68. The Balaban J connectivity index is 2.47. The van der Waals surface area contributed by atoms with Crippen LogP contribution in [-0.2, 0) is 0 Å². The van der Waals surface area contributed by atoms with Gasteiger partial charge in [-0.15, -0.1) is 0 Å². The molecule has 0 amide bonds. The van der Waals surface area contributed by atoms with Crippen molar-refractivity contribution in [2.75, 3.05) is 19.6 Å². The minimum Gasteiger partial charge on any atom is -0.308 e. The first-order valence-corrected chi connectivity index (χ1v) is 7.43. The van der Waals surface area contributed by atoms with Gasteiger partial charge in [-0.2, -0.15) is 0 Å². The zero-order chi connectivity index (χ0) is 12.9. The Bertz CT molecular complexity index is 225. The molecular formula is C15H32N2. The predicted molar refractivity (Wildman–Crippen MR) is 76.5 cm³/mol. The second-order valence-corrected chi connectivity index (χ2v) is 6.56. The van der Waals surface area contributed by atoms with Crippen LogP contribution in [0.3, 0.4) is 0 Å². The third kappa shape index (κ3) is 4.26. The second-order valence-electron chi connectivity index (χ2n) is 6.56. The van der Waals surface area contributed by atoms with Crippen LogP contribution in [0, 0.1) is 0 Å². The van der Waals surface area contributed by atoms with Gasteiger partial charge < -0.3 is 5.32 Å². The number of hydrogen-bond acceptors (Lipinski definition) is 2. The monoisotopic (exact) mass is 240 g/mol. The first kappa shape index (κ1) is 15.0. The third-order valence-corrected chi connectivity index (χ3v) is 4.41. The lowest BCUT2D eigenvalue weighted by Crippen LogP contribution is -2.66. The van der Waals surface area contributed by atoms with Crippen molar-refractivity contribution >= 4 is 0 Å². The van der Waals surface area contributed by atoms with Gasteiger partial charge >= 0.3 is 0 Å². The first-order valence-electron chi connectivity index (χ1n) is 7.43. The third-order valence-electron chi connectivity index (χ3n) is 4.41. The summed E-state index contributed by atoms with van der Waals surface area (Å²) in [5.74, 6) is 0. The lowest BCUT2D eigenvalue weighted by Gasteiger charge is -2.51. The molecule has 1 heterocycles. The van der Waals surface area contributed by atoms with Crippen LogP contribution in [0.4, 0.5) is 0 Å². The summed E-state index contributed by atoms with van der Waals surface area (Å²) < 4.78 is 0. The Morgan fingerprint density at radius 2 is 1.76 bits per heavy atom. The SMILES string of the molecule is CCCCCCN1CC(C)(CC)NCC1(C)C. The molecule has 1 N–H and O–H groups in total. The van der Waals surface area contributed by atoms with Crippen molar-refractivity contribution in [1.29, 1.82) is 0 Å². The van der Waals surface area contributed by atoms with Crippen LogP contribution in [0.2, 0.25) is 0 Å². The van der Waals surface area contributed by atoms with Crippen LogP contribution in [0.15, 0.2) is 0 Å². The highest BCUT2D eigenvalue weighted by atomic mass is 15.3. The van der Waals surface area contributed by atoms with E-state index >= 15 is 0 Å². The molecular weight excluding hydrogens is 208 g/mol. The van der Waals surface area contributed by atoms with Gasteiger partial charge in [-0.3, -0.25) is 4.90 Å². The first-order chi connectivity index (χ1) is 7.93. The fourth-order valence-corrected chi connectivity index (χ4v) is 2.58. The van der Waals surface area contributed by atoms with Crippen LogP contribution >= 0.6 is 0 Å². The van der Waals surface area contributed by atoms with Gasteiger partial charge in [-0.25, -0.2) is 0 Å². The molecule has 1 fully saturated rings. The van der Waals surface area contributed by atoms with Crippen molar-refractivity contribution in [3.05, 3.63) is 0 Å². The van der Waals surface area contributed by atoms with Crippen LogP contribution in [0.1, 0.15) is 66.7 Å². The predicted octanol–water partition coefficient (Wildman–Crippen LogP) is 3.42. The molecule has 102 valence electrons. The van der Waals surface area contributed by atoms with Gasteiger partial charge in [-0.05, 0) is 40.2 Å². The van der Waals surface area contributed by atoms with E-state index in [-0.39, 0.29) is 0 Å². The van der Waals surface area contributed by atoms with Crippen molar-refractivity contribution in [1.82, 2.24) is 10.2 Å². The highest BCUT2D eigenvalue weighted by molar-refractivity contribution is 4.98. The van der Waals surface area contributed by atoms with E-state index in [0.717, 1.165) is 6.54 Å². The Labute approximate surface area is 108 Å². The molecule has 1 saturated heterocycles. The quantitative estimate of drug-likeness (QED) is 0.716. The maximum atomic E-state index is 3.73. The second kappa shape index (κ2) is 6.19. The summed E-state index contributed by atoms with van der Waals surface area (Å²) in [4.78, 5) is 2.70. The summed E-state index contributed by atoms with van der Waals surface area (Å²) in [5.41, 5.74) is 0.640. The van der Waals surface area contributed by atoms with E-state index < -0.39 is 0 Å². The standard InChI is InChI=1S/C15H32N2/c1-6-8-9-10-11-17-13-15(5,7-2)16-12-14(17,3)4/h16H,6-13H2,1-5H3. The zero-order valence-corrected chi connectivity index (χ0v) is 12.6. The molecule has 1 aliphatic rings. The Kier molecular flexibility index (Phi) is 5.46. The van der Waals surface area contributed by atoms with Crippen molar-refractivity contribution in [2.24, 2.45) is 0 Å². The van der Waals surface area contributed by atoms with Crippen LogP contribution in [-0.4, -0.2) is 35.6 Å². The number of unbranched alkanes of at least 4 members (excludes halogenated alkanes) is 3. The highest BCUT2D eigenvalue weighted by Gasteiger charge is 2.38. The van der Waals surface area contributed by atoms with Gasteiger partial charge in [0, 0.05) is 24.2 Å². The summed E-state index contributed by atoms with van der Waals surface area (Å²) >= 11 is 0. The van der Waals surface area contributed by atoms with Crippen molar-refractivity contribution in [2.45, 2.75) is 77.8 Å². The van der Waals surface area contributed by atoms with Gasteiger partial charge in [0.2, 0.25) is 0 Å². The molecule has 0 aromatic rings. The van der Waals surface area contributed by atoms with E-state index in [2.05, 4.69) is 44.8 Å². The fourth-order valence-electron chi connectivity index (χ4n) is 2.58. The summed E-state index contributed by atoms with van der Waals surface area (Å²) in [5, 5.41) is 3.73. The average Bonchev–Trinajstić information content (AvgIpc) is 2.30. The number of hydrogen-bond donors (Lipinski definition) is 1. The normalized spacial score (nSPS) is 29.5. The largest absolute Gasteiger partial charge is 0.308 e. The molecule has 1 aliphatic heterocycles. The van der Waals surface area contributed by atoms with Crippen molar-refractivity contribution in [3.63, 3.8) is 0 Å². The van der Waals surface area contributed by atoms with E-state index in [9.17, 15) is 0 Å². The van der Waals surface area contributed by atoms with E-state index in [1.54, 1.807) is 0 Å². The molecule has 17 heavy (non-hydrogen) atoms. The van der Waals surface area contributed by atoms with Gasteiger partial charge in [0.05, 0.1) is 0 Å². The van der Waals surface area contributed by atoms with E-state index in [1.807, 2.05) is 0 Å². The minimum atomic E-state index is 0.320. The zero-order valence-electron chi connectivity index (χ0n) is 12.6. The molecule has 1 atom stereocenters. The number of nitrogens with one attached hydrogen (secondary N) is 1. The summed E-state index contributed by atoms with van der Waals surface area (Å²) in [6.45, 7) is 15.3. The molecule has 1 rings (SSSR count). The van der Waals surface area contributed by atoms with Crippen molar-refractivity contribution < 1.29 is 0 Å². The highest BCUT2D eigenvalue weighted by Crippen LogP contribution is 2.25. The van der Waals surface area contributed by atoms with E-state index in [0.29, 0.717) is 11.1 Å². The van der Waals surface area contributed by atoms with E-state index in [1.165, 1.54) is 45.2 Å². The summed E-state index contributed by atoms with van der Waals surface area (Å²) in [7, 11) is 0. The maximum absolute atomic E-state index is 3.73. The number of piperazine rings is 1. The lowest BCUT2D eigenvalue weighted by atomic mass is 9.88. The average molecular weight is 240 g/mol. The minimum absolute atomic E-state index is 0.320. The van der Waals surface area contributed by atoms with Crippen LogP contribution < -0.4 is 5.32 Å². The molecule has 2 nitrogen and oxygen atoms in total. The fraction of sp³-hybridized carbons (Fsp3) is 1.00. The summed E-state index contributed by atoms with van der Waals surface area (Å²) in [6, 6.07) is 0. The van der Waals surface area contributed by atoms with Gasteiger partial charge in [-0.1, -0.05) is 33.1 Å². The van der Waals surface area contributed by atoms with Gasteiger partial charge in [0.15, 0.2) is 0 Å². The molecule has 1 unspecified atom stereocenters. The molecule has 0 aromatic carbocycles. The molecule has 0 spiro atoms. The lowest BCUT2D eigenvalue weighted by molar-refractivity contribution is 0.0300. The van der Waals surface area contributed by atoms with Crippen LogP contribution in [0.25, 0.3) is 0 Å². The molecule has 0 aromatic heterocycles. The Morgan fingerprint density at radius 1 is 1.06 bits per heavy atom. The van der Waals surface area contributed by atoms with Crippen molar-refractivity contribution in [3.8, 4) is 0 Å². The topological polar surface area (TPSA) is 15.3 Å². The smallest absolute Gasteiger partial charge is 0.0278 e.